The van der Waals surface area contributed by atoms with E-state index in [-0.39, 0.29) is 47.1 Å². The number of carbonyl (C=O) groups is 4. The zero-order valence-corrected chi connectivity index (χ0v) is 22.3. The number of carboxylic acid groups (broad SMARTS) is 2. The lowest BCUT2D eigenvalue weighted by Gasteiger charge is -2.19. The third-order valence-electron chi connectivity index (χ3n) is 6.13. The molecule has 42 heavy (non-hydrogen) atoms. The summed E-state index contributed by atoms with van der Waals surface area (Å²) < 4.78 is 0. The molecule has 2 aromatic heterocycles. The highest BCUT2D eigenvalue weighted by molar-refractivity contribution is 5.97. The average Bonchev–Trinajstić information content (AvgIpc) is 2.95. The number of aromatic nitrogens is 4. The fourth-order valence-corrected chi connectivity index (χ4v) is 3.99. The highest BCUT2D eigenvalue weighted by Crippen LogP contribution is 2.19. The molecule has 0 radical (unpaired) electrons. The topological polar surface area (TPSA) is 240 Å². The molecule has 0 bridgehead atoms. The van der Waals surface area contributed by atoms with Gasteiger partial charge in [-0.05, 0) is 48.9 Å². The van der Waals surface area contributed by atoms with E-state index in [4.69, 9.17) is 16.6 Å². The molecule has 0 saturated carbocycles. The molecule has 0 spiro atoms. The minimum atomic E-state index is -1.32. The second-order valence-corrected chi connectivity index (χ2v) is 9.24. The molecule has 1 atom stereocenters. The number of anilines is 4. The normalized spacial score (nSPS) is 11.5. The lowest BCUT2D eigenvalue weighted by molar-refractivity contribution is -0.139. The molecule has 0 fully saturated rings. The Bertz CT molecular complexity index is 1660. The van der Waals surface area contributed by atoms with E-state index in [1.165, 1.54) is 24.3 Å². The Balaban J connectivity index is 1.33. The van der Waals surface area contributed by atoms with Gasteiger partial charge in [-0.1, -0.05) is 6.07 Å². The van der Waals surface area contributed by atoms with Crippen LogP contribution < -0.4 is 27.0 Å². The fraction of sp³-hybridized carbons (Fsp3) is 0.185. The number of carbonyl (C=O) groups excluding carboxylic acids is 2. The maximum Gasteiger partial charge on any atom is 0.335 e. The summed E-state index contributed by atoms with van der Waals surface area (Å²) in [4.78, 5) is 66.4. The van der Waals surface area contributed by atoms with Crippen LogP contribution in [0.5, 0.6) is 0 Å². The van der Waals surface area contributed by atoms with Gasteiger partial charge < -0.3 is 37.2 Å². The molecule has 0 aliphatic carbocycles. The highest BCUT2D eigenvalue weighted by atomic mass is 16.4. The average molecular weight is 574 g/mol. The van der Waals surface area contributed by atoms with Gasteiger partial charge in [0, 0.05) is 30.4 Å². The van der Waals surface area contributed by atoms with Crippen LogP contribution >= 0.6 is 0 Å². The Hall–Kier alpha value is -5.86. The lowest BCUT2D eigenvalue weighted by Crippen LogP contribution is -2.41. The summed E-state index contributed by atoms with van der Waals surface area (Å²) in [7, 11) is 1.81. The first-order chi connectivity index (χ1) is 20.0. The van der Waals surface area contributed by atoms with Crippen molar-refractivity contribution in [3.8, 4) is 0 Å². The van der Waals surface area contributed by atoms with Gasteiger partial charge in [-0.3, -0.25) is 9.59 Å². The predicted molar refractivity (Wildman–Crippen MR) is 153 cm³/mol. The monoisotopic (exact) mass is 573 g/mol. The van der Waals surface area contributed by atoms with Crippen molar-refractivity contribution in [2.75, 3.05) is 28.7 Å². The third kappa shape index (κ3) is 7.20. The number of benzene rings is 2. The van der Waals surface area contributed by atoms with Crippen LogP contribution in [-0.4, -0.2) is 67.0 Å². The number of fused-ring (bicyclic) bond motifs is 1. The minimum absolute atomic E-state index is 0.00384. The Morgan fingerprint density at radius 3 is 2.40 bits per heavy atom. The van der Waals surface area contributed by atoms with Gasteiger partial charge in [0.05, 0.1) is 24.0 Å². The molecule has 1 unspecified atom stereocenters. The number of carboxylic acids is 2. The van der Waals surface area contributed by atoms with Crippen LogP contribution in [0.4, 0.5) is 23.1 Å². The highest BCUT2D eigenvalue weighted by Gasteiger charge is 2.22. The number of nitrogens with zero attached hydrogens (tertiary/aromatic N) is 5. The van der Waals surface area contributed by atoms with E-state index in [1.54, 1.807) is 30.5 Å². The van der Waals surface area contributed by atoms with Gasteiger partial charge in [-0.2, -0.15) is 9.97 Å². The van der Waals surface area contributed by atoms with Crippen molar-refractivity contribution in [3.63, 3.8) is 0 Å². The Morgan fingerprint density at radius 2 is 1.71 bits per heavy atom. The largest absolute Gasteiger partial charge is 0.480 e. The smallest absolute Gasteiger partial charge is 0.335 e. The Morgan fingerprint density at radius 1 is 0.976 bits per heavy atom. The van der Waals surface area contributed by atoms with Crippen LogP contribution in [0, 0.1) is 0 Å². The van der Waals surface area contributed by atoms with E-state index in [2.05, 4.69) is 30.6 Å². The number of aromatic carboxylic acids is 1. The number of rotatable bonds is 11. The molecular formula is C27H27N9O6. The van der Waals surface area contributed by atoms with E-state index >= 15 is 0 Å². The van der Waals surface area contributed by atoms with Crippen molar-refractivity contribution >= 4 is 58.1 Å². The predicted octanol–water partition coefficient (Wildman–Crippen LogP) is 1.52. The van der Waals surface area contributed by atoms with Crippen LogP contribution in [0.2, 0.25) is 0 Å². The van der Waals surface area contributed by atoms with Crippen molar-refractivity contribution in [2.24, 2.45) is 0 Å². The molecule has 0 saturated heterocycles. The van der Waals surface area contributed by atoms with Crippen molar-refractivity contribution in [3.05, 3.63) is 71.5 Å². The molecule has 216 valence electrons. The number of aliphatic carboxylic acids is 1. The van der Waals surface area contributed by atoms with Crippen molar-refractivity contribution in [1.29, 1.82) is 0 Å². The zero-order valence-electron chi connectivity index (χ0n) is 22.3. The van der Waals surface area contributed by atoms with E-state index in [9.17, 15) is 24.3 Å². The lowest BCUT2D eigenvalue weighted by atomic mass is 10.1. The second kappa shape index (κ2) is 12.5. The molecule has 8 N–H and O–H groups in total. The standard InChI is InChI=1S/C27H27N9O6/c1-36(13-17-12-30-23-21(32-17)22(28)34-27(29)35-23)18-7-5-14(6-8-18)24(38)33-19(26(41)42)9-10-20(37)31-16-4-2-3-15(11-16)25(39)40/h2-8,11-12,19H,9-10,13H2,1H3,(H,31,37)(H,33,38)(H,39,40)(H,41,42)(H4,28,29,30,34,35). The van der Waals surface area contributed by atoms with Gasteiger partial charge in [-0.15, -0.1) is 0 Å². The van der Waals surface area contributed by atoms with Gasteiger partial charge in [0.15, 0.2) is 17.0 Å². The quantitative estimate of drug-likeness (QED) is 0.149. The fourth-order valence-electron chi connectivity index (χ4n) is 3.99. The molecule has 15 nitrogen and oxygen atoms in total. The van der Waals surface area contributed by atoms with Gasteiger partial charge >= 0.3 is 11.9 Å². The molecule has 4 rings (SSSR count). The van der Waals surface area contributed by atoms with Gasteiger partial charge in [-0.25, -0.2) is 19.6 Å². The van der Waals surface area contributed by atoms with Gasteiger partial charge in [0.2, 0.25) is 11.9 Å². The number of hydrogen-bond acceptors (Lipinski definition) is 11. The first-order valence-corrected chi connectivity index (χ1v) is 12.5. The third-order valence-corrected chi connectivity index (χ3v) is 6.13. The van der Waals surface area contributed by atoms with Crippen molar-refractivity contribution < 1.29 is 29.4 Å². The Kier molecular flexibility index (Phi) is 8.70. The van der Waals surface area contributed by atoms with Crippen LogP contribution in [-0.2, 0) is 16.1 Å². The molecular weight excluding hydrogens is 546 g/mol. The minimum Gasteiger partial charge on any atom is -0.480 e. The number of nitrogens with two attached hydrogens (primary N) is 2. The second-order valence-electron chi connectivity index (χ2n) is 9.24. The zero-order chi connectivity index (χ0) is 30.4. The molecule has 2 amide bonds. The van der Waals surface area contributed by atoms with Crippen LogP contribution in [0.15, 0.2) is 54.7 Å². The molecule has 15 heteroatoms. The summed E-state index contributed by atoms with van der Waals surface area (Å²) in [5.41, 5.74) is 13.9. The van der Waals surface area contributed by atoms with Crippen molar-refractivity contribution in [1.82, 2.24) is 25.3 Å². The summed E-state index contributed by atoms with van der Waals surface area (Å²) in [6, 6.07) is 10.8. The summed E-state index contributed by atoms with van der Waals surface area (Å²) >= 11 is 0. The SMILES string of the molecule is CN(Cc1cnc2nc(N)nc(N)c2n1)c1ccc(C(=O)NC(CCC(=O)Nc2cccc(C(=O)O)c2)C(=O)O)cc1. The van der Waals surface area contributed by atoms with E-state index < -0.39 is 29.8 Å². The molecule has 0 aliphatic rings. The Labute approximate surface area is 238 Å². The molecule has 0 aliphatic heterocycles. The van der Waals surface area contributed by atoms with Crippen molar-refractivity contribution in [2.45, 2.75) is 25.4 Å². The van der Waals surface area contributed by atoms with Crippen LogP contribution in [0.3, 0.4) is 0 Å². The van der Waals surface area contributed by atoms with E-state index in [1.807, 2.05) is 11.9 Å². The summed E-state index contributed by atoms with van der Waals surface area (Å²) in [5, 5.41) is 23.6. The number of hydrogen-bond donors (Lipinski definition) is 6. The summed E-state index contributed by atoms with van der Waals surface area (Å²) in [6.07, 6.45) is 1.15. The molecule has 2 aromatic carbocycles. The van der Waals surface area contributed by atoms with E-state index in [0.29, 0.717) is 17.8 Å². The van der Waals surface area contributed by atoms with Crippen LogP contribution in [0.25, 0.3) is 11.2 Å². The van der Waals surface area contributed by atoms with Gasteiger partial charge in [0.25, 0.3) is 5.91 Å². The summed E-state index contributed by atoms with van der Waals surface area (Å²) in [6.45, 7) is 0.349. The van der Waals surface area contributed by atoms with E-state index in [0.717, 1.165) is 5.69 Å². The molecule has 2 heterocycles. The maximum atomic E-state index is 12.8. The number of amides is 2. The van der Waals surface area contributed by atoms with Crippen LogP contribution in [0.1, 0.15) is 39.3 Å². The van der Waals surface area contributed by atoms with Gasteiger partial charge in [0.1, 0.15) is 6.04 Å². The number of nitrogen functional groups attached to an aromatic ring is 2. The number of nitrogens with one attached hydrogen (secondary N) is 2. The molecule has 4 aromatic rings. The first-order valence-electron chi connectivity index (χ1n) is 12.5. The first kappa shape index (κ1) is 29.1. The maximum absolute atomic E-state index is 12.8. The summed E-state index contributed by atoms with van der Waals surface area (Å²) in [5.74, 6) is -3.47.